The van der Waals surface area contributed by atoms with Gasteiger partial charge in [0.2, 0.25) is 9.47 Å². The molecule has 0 spiro atoms. The standard InChI is InChI=1S/C3H7N7O2S2/c1-10(9-4)8-2-6-7-3(13-2)14(5,11)12/h4H,1H3,(H,6,8)(H2,5,11,12). The number of sulfonamides is 1. The molecular formula is C3H7N7O2S2. The van der Waals surface area contributed by atoms with Crippen LogP contribution in [0.2, 0.25) is 0 Å². The number of hydrazine groups is 1. The average Bonchev–Trinajstić information content (AvgIpc) is 2.51. The highest BCUT2D eigenvalue weighted by molar-refractivity contribution is 7.91. The van der Waals surface area contributed by atoms with E-state index >= 15 is 0 Å². The van der Waals surface area contributed by atoms with Crippen LogP contribution in [0, 0.1) is 5.53 Å². The van der Waals surface area contributed by atoms with Crippen LogP contribution in [-0.2, 0) is 10.0 Å². The van der Waals surface area contributed by atoms with Gasteiger partial charge in [-0.15, -0.1) is 10.2 Å². The molecule has 0 saturated heterocycles. The number of primary sulfonamides is 1. The number of nitrogens with one attached hydrogen (secondary N) is 2. The van der Waals surface area contributed by atoms with E-state index in [0.29, 0.717) is 0 Å². The lowest BCUT2D eigenvalue weighted by Crippen LogP contribution is -2.17. The van der Waals surface area contributed by atoms with E-state index in [1.54, 1.807) is 0 Å². The van der Waals surface area contributed by atoms with Crippen molar-refractivity contribution in [3.05, 3.63) is 0 Å². The van der Waals surface area contributed by atoms with Crippen LogP contribution in [0.3, 0.4) is 0 Å². The number of rotatable bonds is 4. The quantitative estimate of drug-likeness (QED) is 0.471. The van der Waals surface area contributed by atoms with Crippen molar-refractivity contribution in [2.75, 3.05) is 12.5 Å². The van der Waals surface area contributed by atoms with Gasteiger partial charge in [-0.25, -0.2) is 13.6 Å². The molecule has 11 heteroatoms. The van der Waals surface area contributed by atoms with Crippen molar-refractivity contribution in [1.29, 1.82) is 5.53 Å². The van der Waals surface area contributed by atoms with Gasteiger partial charge >= 0.3 is 0 Å². The van der Waals surface area contributed by atoms with Crippen molar-refractivity contribution in [2.45, 2.75) is 4.34 Å². The summed E-state index contributed by atoms with van der Waals surface area (Å²) in [7, 11) is -2.37. The Morgan fingerprint density at radius 3 is 2.71 bits per heavy atom. The third-order valence-corrected chi connectivity index (χ3v) is 3.20. The van der Waals surface area contributed by atoms with Gasteiger partial charge in [0.1, 0.15) is 0 Å². The number of hydrogen-bond acceptors (Lipinski definition) is 8. The Morgan fingerprint density at radius 1 is 1.64 bits per heavy atom. The van der Waals surface area contributed by atoms with Crippen molar-refractivity contribution < 1.29 is 8.42 Å². The molecule has 0 radical (unpaired) electrons. The molecule has 0 fully saturated rings. The SMILES string of the molecule is CN(N=N)Nc1nnc(S(N)(=O)=O)s1. The molecule has 1 aromatic rings. The highest BCUT2D eigenvalue weighted by atomic mass is 32.2. The fourth-order valence-electron chi connectivity index (χ4n) is 0.533. The molecule has 1 aromatic heterocycles. The van der Waals surface area contributed by atoms with Crippen molar-refractivity contribution in [2.24, 2.45) is 10.4 Å². The van der Waals surface area contributed by atoms with Gasteiger partial charge in [-0.2, -0.15) is 10.6 Å². The van der Waals surface area contributed by atoms with Crippen molar-refractivity contribution >= 4 is 26.5 Å². The van der Waals surface area contributed by atoms with Crippen LogP contribution >= 0.6 is 11.3 Å². The summed E-state index contributed by atoms with van der Waals surface area (Å²) in [5.41, 5.74) is 9.08. The van der Waals surface area contributed by atoms with E-state index in [9.17, 15) is 8.42 Å². The highest BCUT2D eigenvalue weighted by Gasteiger charge is 2.15. The lowest BCUT2D eigenvalue weighted by atomic mass is 11.2. The predicted molar refractivity (Wildman–Crippen MR) is 47.8 cm³/mol. The molecule has 9 nitrogen and oxygen atoms in total. The maximum absolute atomic E-state index is 10.8. The number of nitrogens with zero attached hydrogens (tertiary/aromatic N) is 4. The van der Waals surface area contributed by atoms with E-state index in [4.69, 9.17) is 10.7 Å². The normalized spacial score (nSPS) is 11.0. The van der Waals surface area contributed by atoms with Crippen molar-refractivity contribution in [3.8, 4) is 0 Å². The molecule has 78 valence electrons. The Morgan fingerprint density at radius 2 is 2.29 bits per heavy atom. The van der Waals surface area contributed by atoms with Gasteiger partial charge in [-0.1, -0.05) is 16.6 Å². The molecule has 0 saturated carbocycles. The largest absolute Gasteiger partial charge is 0.267 e. The fraction of sp³-hybridized carbons (Fsp3) is 0.333. The minimum Gasteiger partial charge on any atom is -0.254 e. The van der Waals surface area contributed by atoms with Crippen LogP contribution in [0.1, 0.15) is 0 Å². The summed E-state index contributed by atoms with van der Waals surface area (Å²) in [5.74, 6) is 0. The lowest BCUT2D eigenvalue weighted by Gasteiger charge is -2.08. The van der Waals surface area contributed by atoms with Gasteiger partial charge in [-0.05, 0) is 0 Å². The second-order valence-corrected chi connectivity index (χ2v) is 4.87. The van der Waals surface area contributed by atoms with Gasteiger partial charge < -0.3 is 0 Å². The van der Waals surface area contributed by atoms with Crippen molar-refractivity contribution in [1.82, 2.24) is 15.3 Å². The van der Waals surface area contributed by atoms with E-state index in [-0.39, 0.29) is 9.47 Å². The zero-order chi connectivity index (χ0) is 10.8. The third-order valence-electron chi connectivity index (χ3n) is 1.06. The van der Waals surface area contributed by atoms with Crippen LogP contribution in [0.15, 0.2) is 9.56 Å². The molecule has 1 rings (SSSR count). The molecule has 0 atom stereocenters. The van der Waals surface area contributed by atoms with Gasteiger partial charge in [-0.3, -0.25) is 5.43 Å². The van der Waals surface area contributed by atoms with Crippen LogP contribution < -0.4 is 10.6 Å². The van der Waals surface area contributed by atoms with E-state index in [1.807, 2.05) is 0 Å². The number of hydrogen-bond donors (Lipinski definition) is 3. The predicted octanol–water partition coefficient (Wildman–Crippen LogP) is -0.610. The average molecular weight is 237 g/mol. The summed E-state index contributed by atoms with van der Waals surface area (Å²) in [4.78, 5) is 0. The molecule has 0 amide bonds. The van der Waals surface area contributed by atoms with Gasteiger partial charge in [0.25, 0.3) is 10.0 Å². The van der Waals surface area contributed by atoms with Gasteiger partial charge in [0, 0.05) is 7.05 Å². The zero-order valence-corrected chi connectivity index (χ0v) is 8.63. The summed E-state index contributed by atoms with van der Waals surface area (Å²) in [6, 6.07) is 0. The Kier molecular flexibility index (Phi) is 2.93. The number of anilines is 1. The summed E-state index contributed by atoms with van der Waals surface area (Å²) >= 11 is 0.752. The minimum atomic E-state index is -3.82. The van der Waals surface area contributed by atoms with E-state index in [0.717, 1.165) is 16.5 Å². The van der Waals surface area contributed by atoms with Crippen LogP contribution in [0.4, 0.5) is 5.13 Å². The Labute approximate surface area is 83.4 Å². The molecule has 0 unspecified atom stereocenters. The molecular weight excluding hydrogens is 230 g/mol. The maximum Gasteiger partial charge on any atom is 0.267 e. The first-order chi connectivity index (χ1) is 6.43. The molecule has 0 bridgehead atoms. The first kappa shape index (κ1) is 10.7. The smallest absolute Gasteiger partial charge is 0.254 e. The summed E-state index contributed by atoms with van der Waals surface area (Å²) in [6.07, 6.45) is 0. The number of aromatic nitrogens is 2. The molecule has 1 heterocycles. The molecule has 14 heavy (non-hydrogen) atoms. The van der Waals surface area contributed by atoms with Crippen LogP contribution in [-0.4, -0.2) is 30.8 Å². The molecule has 0 aliphatic carbocycles. The Hall–Kier alpha value is -1.33. The van der Waals surface area contributed by atoms with Crippen LogP contribution in [0.25, 0.3) is 0 Å². The summed E-state index contributed by atoms with van der Waals surface area (Å²) < 4.78 is 21.3. The Balaban J connectivity index is 2.84. The Bertz CT molecular complexity index is 424. The fourth-order valence-corrected chi connectivity index (χ4v) is 1.90. The van der Waals surface area contributed by atoms with E-state index < -0.39 is 10.0 Å². The van der Waals surface area contributed by atoms with E-state index in [2.05, 4.69) is 20.8 Å². The first-order valence-corrected chi connectivity index (χ1v) is 5.54. The maximum atomic E-state index is 10.8. The van der Waals surface area contributed by atoms with Crippen molar-refractivity contribution in [3.63, 3.8) is 0 Å². The second kappa shape index (κ2) is 3.81. The van der Waals surface area contributed by atoms with Gasteiger partial charge in [0.05, 0.1) is 0 Å². The van der Waals surface area contributed by atoms with Crippen LogP contribution in [0.5, 0.6) is 0 Å². The first-order valence-electron chi connectivity index (χ1n) is 3.17. The monoisotopic (exact) mass is 237 g/mol. The molecule has 4 N–H and O–H groups in total. The van der Waals surface area contributed by atoms with Gasteiger partial charge in [0.15, 0.2) is 0 Å². The number of nitrogens with two attached hydrogens (primary N) is 1. The molecule has 0 aliphatic heterocycles. The highest BCUT2D eigenvalue weighted by Crippen LogP contribution is 2.18. The zero-order valence-electron chi connectivity index (χ0n) is 7.00. The minimum absolute atomic E-state index is 0.188. The lowest BCUT2D eigenvalue weighted by molar-refractivity contribution is 0.386. The molecule has 0 aliphatic rings. The second-order valence-electron chi connectivity index (χ2n) is 2.15. The summed E-state index contributed by atoms with van der Waals surface area (Å²) in [5, 5.41) is 15.8. The third kappa shape index (κ3) is 2.58. The molecule has 0 aromatic carbocycles. The topological polar surface area (TPSA) is 137 Å². The summed E-state index contributed by atoms with van der Waals surface area (Å²) in [6.45, 7) is 0. The van der Waals surface area contributed by atoms with E-state index in [1.165, 1.54) is 7.05 Å².